The summed E-state index contributed by atoms with van der Waals surface area (Å²) in [4.78, 5) is 31.8. The molecule has 0 aliphatic carbocycles. The van der Waals surface area contributed by atoms with Gasteiger partial charge in [0, 0.05) is 5.38 Å². The highest BCUT2D eigenvalue weighted by Crippen LogP contribution is 2.32. The standard InChI is InChI=1S/C16H13N3O3S2/c1-16(12-5-2-6-22-12)14(20)19(15(21)18-16)8-10-9-24-13(17-10)11-4-3-7-23-11/h2-7,9H,8H2,1H3,(H,18,21). The Kier molecular flexibility index (Phi) is 3.50. The number of urea groups is 1. The predicted molar refractivity (Wildman–Crippen MR) is 90.6 cm³/mol. The number of amides is 3. The summed E-state index contributed by atoms with van der Waals surface area (Å²) in [6.45, 7) is 1.78. The zero-order valence-electron chi connectivity index (χ0n) is 12.7. The van der Waals surface area contributed by atoms with Crippen LogP contribution in [0.15, 0.2) is 45.7 Å². The van der Waals surface area contributed by atoms with E-state index < -0.39 is 11.6 Å². The first-order chi connectivity index (χ1) is 11.6. The van der Waals surface area contributed by atoms with Gasteiger partial charge in [-0.3, -0.25) is 9.69 Å². The summed E-state index contributed by atoms with van der Waals surface area (Å²) in [5.74, 6) is 0.0778. The van der Waals surface area contributed by atoms with Crippen LogP contribution >= 0.6 is 22.7 Å². The van der Waals surface area contributed by atoms with E-state index in [0.717, 1.165) is 9.88 Å². The molecule has 1 aliphatic rings. The molecule has 1 fully saturated rings. The molecule has 1 unspecified atom stereocenters. The van der Waals surface area contributed by atoms with Crippen molar-refractivity contribution in [2.75, 3.05) is 0 Å². The quantitative estimate of drug-likeness (QED) is 0.724. The minimum absolute atomic E-state index is 0.142. The van der Waals surface area contributed by atoms with Crippen LogP contribution in [-0.2, 0) is 16.9 Å². The van der Waals surface area contributed by atoms with E-state index in [0.29, 0.717) is 11.5 Å². The number of rotatable bonds is 4. The minimum Gasteiger partial charge on any atom is -0.466 e. The van der Waals surface area contributed by atoms with E-state index >= 15 is 0 Å². The van der Waals surface area contributed by atoms with E-state index in [1.807, 2.05) is 22.9 Å². The molecule has 24 heavy (non-hydrogen) atoms. The van der Waals surface area contributed by atoms with Gasteiger partial charge in [-0.05, 0) is 30.5 Å². The van der Waals surface area contributed by atoms with Crippen molar-refractivity contribution in [1.29, 1.82) is 0 Å². The minimum atomic E-state index is -1.17. The van der Waals surface area contributed by atoms with Crippen molar-refractivity contribution in [1.82, 2.24) is 15.2 Å². The highest BCUT2D eigenvalue weighted by Gasteiger charge is 2.51. The fourth-order valence-corrected chi connectivity index (χ4v) is 4.25. The Bertz CT molecular complexity index is 886. The van der Waals surface area contributed by atoms with Gasteiger partial charge in [-0.25, -0.2) is 9.78 Å². The third-order valence-electron chi connectivity index (χ3n) is 3.89. The predicted octanol–water partition coefficient (Wildman–Crippen LogP) is 3.43. The SMILES string of the molecule is CC1(c2ccco2)NC(=O)N(Cc2csc(-c3cccs3)n2)C1=O. The lowest BCUT2D eigenvalue weighted by Gasteiger charge is -2.18. The molecule has 4 rings (SSSR count). The molecule has 0 bridgehead atoms. The first-order valence-electron chi connectivity index (χ1n) is 7.24. The molecular formula is C16H13N3O3S2. The van der Waals surface area contributed by atoms with Crippen molar-refractivity contribution < 1.29 is 14.0 Å². The molecule has 4 heterocycles. The number of imide groups is 1. The Morgan fingerprint density at radius 1 is 1.29 bits per heavy atom. The molecule has 0 saturated carbocycles. The fraction of sp³-hybridized carbons (Fsp3) is 0.188. The number of hydrogen-bond acceptors (Lipinski definition) is 6. The molecule has 3 aromatic heterocycles. The average molecular weight is 359 g/mol. The lowest BCUT2D eigenvalue weighted by molar-refractivity contribution is -0.132. The molecule has 0 aromatic carbocycles. The molecule has 0 spiro atoms. The maximum absolute atomic E-state index is 12.7. The van der Waals surface area contributed by atoms with Gasteiger partial charge in [-0.15, -0.1) is 22.7 Å². The van der Waals surface area contributed by atoms with Crippen molar-refractivity contribution in [3.8, 4) is 9.88 Å². The van der Waals surface area contributed by atoms with E-state index in [2.05, 4.69) is 10.3 Å². The van der Waals surface area contributed by atoms with Gasteiger partial charge >= 0.3 is 6.03 Å². The molecular weight excluding hydrogens is 346 g/mol. The van der Waals surface area contributed by atoms with Crippen LogP contribution in [-0.4, -0.2) is 21.8 Å². The molecule has 122 valence electrons. The summed E-state index contributed by atoms with van der Waals surface area (Å²) in [5, 5.41) is 7.46. The Balaban J connectivity index is 1.57. The van der Waals surface area contributed by atoms with Gasteiger partial charge in [0.2, 0.25) is 0 Å². The molecule has 1 saturated heterocycles. The summed E-state index contributed by atoms with van der Waals surface area (Å²) in [6.07, 6.45) is 1.48. The monoisotopic (exact) mass is 359 g/mol. The van der Waals surface area contributed by atoms with E-state index in [4.69, 9.17) is 4.42 Å². The largest absolute Gasteiger partial charge is 0.466 e. The molecule has 6 nitrogen and oxygen atoms in total. The smallest absolute Gasteiger partial charge is 0.325 e. The van der Waals surface area contributed by atoms with Crippen LogP contribution in [0.4, 0.5) is 4.79 Å². The van der Waals surface area contributed by atoms with E-state index in [1.165, 1.54) is 22.5 Å². The van der Waals surface area contributed by atoms with Crippen LogP contribution in [0, 0.1) is 0 Å². The number of thiazole rings is 1. The summed E-state index contributed by atoms with van der Waals surface area (Å²) in [5.41, 5.74) is -0.483. The Hall–Kier alpha value is -2.45. The van der Waals surface area contributed by atoms with Gasteiger partial charge in [-0.2, -0.15) is 0 Å². The maximum atomic E-state index is 12.7. The molecule has 1 aliphatic heterocycles. The molecule has 1 N–H and O–H groups in total. The number of thiophene rings is 1. The highest BCUT2D eigenvalue weighted by molar-refractivity contribution is 7.20. The van der Waals surface area contributed by atoms with E-state index in [9.17, 15) is 9.59 Å². The maximum Gasteiger partial charge on any atom is 0.325 e. The lowest BCUT2D eigenvalue weighted by atomic mass is 9.99. The second kappa shape index (κ2) is 5.57. The first kappa shape index (κ1) is 15.1. The number of furan rings is 1. The molecule has 0 radical (unpaired) electrons. The number of nitrogens with one attached hydrogen (secondary N) is 1. The zero-order chi connectivity index (χ0) is 16.7. The Morgan fingerprint density at radius 3 is 2.88 bits per heavy atom. The van der Waals surface area contributed by atoms with Crippen LogP contribution in [0.1, 0.15) is 18.4 Å². The van der Waals surface area contributed by atoms with Crippen molar-refractivity contribution in [2.45, 2.75) is 19.0 Å². The van der Waals surface area contributed by atoms with Gasteiger partial charge in [0.1, 0.15) is 10.8 Å². The van der Waals surface area contributed by atoms with Crippen LogP contribution in [0.5, 0.6) is 0 Å². The second-order valence-electron chi connectivity index (χ2n) is 5.55. The van der Waals surface area contributed by atoms with Gasteiger partial charge < -0.3 is 9.73 Å². The van der Waals surface area contributed by atoms with Crippen LogP contribution < -0.4 is 5.32 Å². The third-order valence-corrected chi connectivity index (χ3v) is 5.82. The normalized spacial score (nSPS) is 20.6. The zero-order valence-corrected chi connectivity index (χ0v) is 14.3. The van der Waals surface area contributed by atoms with Gasteiger partial charge in [0.05, 0.1) is 23.4 Å². The van der Waals surface area contributed by atoms with Crippen molar-refractivity contribution in [2.24, 2.45) is 0 Å². The number of hydrogen-bond donors (Lipinski definition) is 1. The van der Waals surface area contributed by atoms with Crippen LogP contribution in [0.2, 0.25) is 0 Å². The van der Waals surface area contributed by atoms with Crippen LogP contribution in [0.25, 0.3) is 9.88 Å². The molecule has 1 atom stereocenters. The summed E-state index contributed by atoms with van der Waals surface area (Å²) >= 11 is 3.11. The second-order valence-corrected chi connectivity index (χ2v) is 7.35. The van der Waals surface area contributed by atoms with Gasteiger partial charge in [0.25, 0.3) is 5.91 Å². The number of carbonyl (C=O) groups excluding carboxylic acids is 2. The van der Waals surface area contributed by atoms with Gasteiger partial charge in [-0.1, -0.05) is 6.07 Å². The number of carbonyl (C=O) groups is 2. The molecule has 3 aromatic rings. The molecule has 3 amide bonds. The summed E-state index contributed by atoms with van der Waals surface area (Å²) in [6, 6.07) is 6.89. The summed E-state index contributed by atoms with van der Waals surface area (Å²) in [7, 11) is 0. The van der Waals surface area contributed by atoms with E-state index in [1.54, 1.807) is 30.4 Å². The van der Waals surface area contributed by atoms with Gasteiger partial charge in [0.15, 0.2) is 5.54 Å². The van der Waals surface area contributed by atoms with E-state index in [-0.39, 0.29) is 12.5 Å². The lowest BCUT2D eigenvalue weighted by Crippen LogP contribution is -2.40. The third kappa shape index (κ3) is 2.35. The van der Waals surface area contributed by atoms with Crippen molar-refractivity contribution >= 4 is 34.6 Å². The van der Waals surface area contributed by atoms with Crippen molar-refractivity contribution in [3.05, 3.63) is 52.7 Å². The van der Waals surface area contributed by atoms with Crippen LogP contribution in [0.3, 0.4) is 0 Å². The Morgan fingerprint density at radius 2 is 2.17 bits per heavy atom. The highest BCUT2D eigenvalue weighted by atomic mass is 32.1. The number of nitrogens with zero attached hydrogens (tertiary/aromatic N) is 2. The molecule has 8 heteroatoms. The number of aromatic nitrogens is 1. The first-order valence-corrected chi connectivity index (χ1v) is 9.00. The topological polar surface area (TPSA) is 75.4 Å². The average Bonchev–Trinajstić information content (AvgIpc) is 3.34. The summed E-state index contributed by atoms with van der Waals surface area (Å²) < 4.78 is 5.32. The Labute approximate surface area is 145 Å². The van der Waals surface area contributed by atoms with Crippen molar-refractivity contribution in [3.63, 3.8) is 0 Å². The fourth-order valence-electron chi connectivity index (χ4n) is 2.63.